The van der Waals surface area contributed by atoms with Crippen molar-refractivity contribution in [2.45, 2.75) is 20.4 Å². The van der Waals surface area contributed by atoms with Crippen LogP contribution in [-0.4, -0.2) is 17.3 Å². The van der Waals surface area contributed by atoms with Crippen LogP contribution in [0.4, 0.5) is 5.69 Å². The molecule has 0 aliphatic carbocycles. The highest BCUT2D eigenvalue weighted by atomic mass is 16.5. The molecular weight excluding hydrogens is 290 g/mol. The fourth-order valence-electron chi connectivity index (χ4n) is 2.27. The van der Waals surface area contributed by atoms with Crippen LogP contribution in [0, 0.1) is 13.8 Å². The summed E-state index contributed by atoms with van der Waals surface area (Å²) in [6.07, 6.45) is 0. The molecule has 1 aromatic heterocycles. The molecule has 118 valence electrons. The second-order valence-electron chi connectivity index (χ2n) is 5.40. The maximum absolute atomic E-state index is 5.71. The Bertz CT molecular complexity index is 794. The van der Waals surface area contributed by atoms with Crippen LogP contribution in [-0.2, 0) is 6.54 Å². The second kappa shape index (κ2) is 6.52. The quantitative estimate of drug-likeness (QED) is 0.772. The molecule has 0 saturated carbocycles. The molecule has 3 rings (SSSR count). The summed E-state index contributed by atoms with van der Waals surface area (Å²) in [6.45, 7) is 4.63. The van der Waals surface area contributed by atoms with Gasteiger partial charge in [-0.1, -0.05) is 12.1 Å². The SMILES string of the molecule is COc1ccc(-c2nnc(CNc3cc(C)ccc3C)o2)cc1. The van der Waals surface area contributed by atoms with E-state index in [-0.39, 0.29) is 0 Å². The molecule has 0 unspecified atom stereocenters. The van der Waals surface area contributed by atoms with Gasteiger partial charge < -0.3 is 14.5 Å². The highest BCUT2D eigenvalue weighted by Gasteiger charge is 2.09. The molecular formula is C18H19N3O2. The van der Waals surface area contributed by atoms with Crippen molar-refractivity contribution in [1.82, 2.24) is 10.2 Å². The second-order valence-corrected chi connectivity index (χ2v) is 5.40. The lowest BCUT2D eigenvalue weighted by Gasteiger charge is -2.08. The summed E-state index contributed by atoms with van der Waals surface area (Å²) in [5.74, 6) is 1.85. The summed E-state index contributed by atoms with van der Waals surface area (Å²) in [7, 11) is 1.64. The summed E-state index contributed by atoms with van der Waals surface area (Å²) < 4.78 is 10.9. The van der Waals surface area contributed by atoms with E-state index in [1.165, 1.54) is 11.1 Å². The van der Waals surface area contributed by atoms with Gasteiger partial charge in [-0.25, -0.2) is 0 Å². The molecule has 5 heteroatoms. The largest absolute Gasteiger partial charge is 0.497 e. The van der Waals surface area contributed by atoms with Crippen molar-refractivity contribution >= 4 is 5.69 Å². The first kappa shape index (κ1) is 15.1. The van der Waals surface area contributed by atoms with E-state index in [4.69, 9.17) is 9.15 Å². The standard InChI is InChI=1S/C18H19N3O2/c1-12-4-5-13(2)16(10-12)19-11-17-20-21-18(23-17)14-6-8-15(22-3)9-7-14/h4-10,19H,11H2,1-3H3. The Labute approximate surface area is 135 Å². The molecule has 2 aromatic carbocycles. The number of rotatable bonds is 5. The molecule has 1 N–H and O–H groups in total. The minimum absolute atomic E-state index is 0.494. The Morgan fingerprint density at radius 3 is 2.57 bits per heavy atom. The van der Waals surface area contributed by atoms with Crippen LogP contribution >= 0.6 is 0 Å². The molecule has 5 nitrogen and oxygen atoms in total. The molecule has 0 aliphatic rings. The maximum Gasteiger partial charge on any atom is 0.247 e. The van der Waals surface area contributed by atoms with Gasteiger partial charge in [0.05, 0.1) is 13.7 Å². The van der Waals surface area contributed by atoms with Crippen molar-refractivity contribution in [3.8, 4) is 17.2 Å². The molecule has 0 saturated heterocycles. The smallest absolute Gasteiger partial charge is 0.247 e. The van der Waals surface area contributed by atoms with E-state index in [1.807, 2.05) is 24.3 Å². The van der Waals surface area contributed by atoms with Gasteiger partial charge in [-0.05, 0) is 55.3 Å². The fraction of sp³-hybridized carbons (Fsp3) is 0.222. The predicted molar refractivity (Wildman–Crippen MR) is 89.5 cm³/mol. The van der Waals surface area contributed by atoms with Gasteiger partial charge in [0.1, 0.15) is 5.75 Å². The monoisotopic (exact) mass is 309 g/mol. The molecule has 0 bridgehead atoms. The van der Waals surface area contributed by atoms with E-state index in [2.05, 4.69) is 47.6 Å². The zero-order valence-corrected chi connectivity index (χ0v) is 13.5. The highest BCUT2D eigenvalue weighted by Crippen LogP contribution is 2.22. The maximum atomic E-state index is 5.71. The van der Waals surface area contributed by atoms with Gasteiger partial charge in [0, 0.05) is 11.3 Å². The Kier molecular flexibility index (Phi) is 4.28. The van der Waals surface area contributed by atoms with Crippen molar-refractivity contribution in [2.24, 2.45) is 0 Å². The van der Waals surface area contributed by atoms with Crippen molar-refractivity contribution in [3.63, 3.8) is 0 Å². The first-order valence-corrected chi connectivity index (χ1v) is 7.43. The van der Waals surface area contributed by atoms with Crippen molar-refractivity contribution in [3.05, 3.63) is 59.5 Å². The molecule has 0 aliphatic heterocycles. The summed E-state index contributed by atoms with van der Waals surface area (Å²) in [5.41, 5.74) is 4.35. The lowest BCUT2D eigenvalue weighted by atomic mass is 10.1. The fourth-order valence-corrected chi connectivity index (χ4v) is 2.27. The zero-order chi connectivity index (χ0) is 16.2. The van der Waals surface area contributed by atoms with E-state index in [0.29, 0.717) is 18.3 Å². The number of hydrogen-bond acceptors (Lipinski definition) is 5. The number of aryl methyl sites for hydroxylation is 2. The van der Waals surface area contributed by atoms with Crippen LogP contribution in [0.1, 0.15) is 17.0 Å². The molecule has 1 heterocycles. The number of aromatic nitrogens is 2. The molecule has 0 fully saturated rings. The number of methoxy groups -OCH3 is 1. The summed E-state index contributed by atoms with van der Waals surface area (Å²) in [6, 6.07) is 13.8. The first-order chi connectivity index (χ1) is 11.2. The number of hydrogen-bond donors (Lipinski definition) is 1. The van der Waals surface area contributed by atoms with Crippen LogP contribution in [0.15, 0.2) is 46.9 Å². The number of ether oxygens (including phenoxy) is 1. The highest BCUT2D eigenvalue weighted by molar-refractivity contribution is 5.54. The van der Waals surface area contributed by atoms with E-state index in [1.54, 1.807) is 7.11 Å². The van der Waals surface area contributed by atoms with Crippen LogP contribution < -0.4 is 10.1 Å². The Balaban J connectivity index is 1.70. The Morgan fingerprint density at radius 1 is 1.04 bits per heavy atom. The topological polar surface area (TPSA) is 60.2 Å². The van der Waals surface area contributed by atoms with E-state index >= 15 is 0 Å². The summed E-state index contributed by atoms with van der Waals surface area (Å²) in [4.78, 5) is 0. The van der Waals surface area contributed by atoms with Gasteiger partial charge in [-0.3, -0.25) is 0 Å². The number of benzene rings is 2. The Morgan fingerprint density at radius 2 is 1.83 bits per heavy atom. The molecule has 0 radical (unpaired) electrons. The van der Waals surface area contributed by atoms with E-state index < -0.39 is 0 Å². The van der Waals surface area contributed by atoms with Crippen molar-refractivity contribution < 1.29 is 9.15 Å². The van der Waals surface area contributed by atoms with Crippen LogP contribution in [0.25, 0.3) is 11.5 Å². The number of anilines is 1. The molecule has 0 spiro atoms. The third-order valence-electron chi connectivity index (χ3n) is 3.63. The summed E-state index contributed by atoms with van der Waals surface area (Å²) in [5, 5.41) is 11.5. The average molecular weight is 309 g/mol. The minimum atomic E-state index is 0.494. The number of nitrogens with one attached hydrogen (secondary N) is 1. The van der Waals surface area contributed by atoms with Crippen LogP contribution in [0.2, 0.25) is 0 Å². The zero-order valence-electron chi connectivity index (χ0n) is 13.5. The van der Waals surface area contributed by atoms with Gasteiger partial charge in [-0.2, -0.15) is 0 Å². The lowest BCUT2D eigenvalue weighted by Crippen LogP contribution is -2.01. The van der Waals surface area contributed by atoms with Gasteiger partial charge >= 0.3 is 0 Å². The van der Waals surface area contributed by atoms with Gasteiger partial charge in [0.25, 0.3) is 0 Å². The summed E-state index contributed by atoms with van der Waals surface area (Å²) >= 11 is 0. The molecule has 0 amide bonds. The first-order valence-electron chi connectivity index (χ1n) is 7.43. The molecule has 3 aromatic rings. The third-order valence-corrected chi connectivity index (χ3v) is 3.63. The van der Waals surface area contributed by atoms with E-state index in [9.17, 15) is 0 Å². The number of nitrogens with zero attached hydrogens (tertiary/aromatic N) is 2. The normalized spacial score (nSPS) is 10.6. The Hall–Kier alpha value is -2.82. The minimum Gasteiger partial charge on any atom is -0.497 e. The van der Waals surface area contributed by atoms with Crippen molar-refractivity contribution in [2.75, 3.05) is 12.4 Å². The van der Waals surface area contributed by atoms with Gasteiger partial charge in [0.2, 0.25) is 11.8 Å². The van der Waals surface area contributed by atoms with Crippen molar-refractivity contribution in [1.29, 1.82) is 0 Å². The van der Waals surface area contributed by atoms with Gasteiger partial charge in [0.15, 0.2) is 0 Å². The molecule has 23 heavy (non-hydrogen) atoms. The predicted octanol–water partition coefficient (Wildman–Crippen LogP) is 3.97. The third kappa shape index (κ3) is 3.51. The van der Waals surface area contributed by atoms with Crippen LogP contribution in [0.3, 0.4) is 0 Å². The lowest BCUT2D eigenvalue weighted by molar-refractivity contribution is 0.415. The average Bonchev–Trinajstić information content (AvgIpc) is 3.05. The van der Waals surface area contributed by atoms with Gasteiger partial charge in [-0.15, -0.1) is 10.2 Å². The van der Waals surface area contributed by atoms with E-state index in [0.717, 1.165) is 17.0 Å². The van der Waals surface area contributed by atoms with Crippen LogP contribution in [0.5, 0.6) is 5.75 Å². The molecule has 0 atom stereocenters.